The molecule has 4 heteroatoms. The molecule has 0 saturated carbocycles. The molecule has 2 heterocycles. The monoisotopic (exact) mass is 296 g/mol. The van der Waals surface area contributed by atoms with Gasteiger partial charge in [0.25, 0.3) is 0 Å². The van der Waals surface area contributed by atoms with Crippen LogP contribution in [0.2, 0.25) is 0 Å². The number of quaternary nitrogens is 1. The van der Waals surface area contributed by atoms with Crippen LogP contribution in [0.15, 0.2) is 58.4 Å². The van der Waals surface area contributed by atoms with Crippen LogP contribution in [-0.4, -0.2) is 17.4 Å². The number of rotatable bonds is 3. The third kappa shape index (κ3) is 2.50. The Morgan fingerprint density at radius 2 is 2.00 bits per heavy atom. The Balaban J connectivity index is 2.05. The first-order valence-corrected chi connectivity index (χ1v) is 7.64. The molecule has 0 fully saturated rings. The molecule has 1 unspecified atom stereocenters. The van der Waals surface area contributed by atoms with Crippen molar-refractivity contribution in [1.29, 1.82) is 0 Å². The molecule has 114 valence electrons. The number of benzene rings is 1. The second kappa shape index (κ2) is 5.21. The molecule has 1 atom stereocenters. The zero-order valence-electron chi connectivity index (χ0n) is 13.6. The van der Waals surface area contributed by atoms with Crippen LogP contribution in [0.4, 0.5) is 5.69 Å². The van der Waals surface area contributed by atoms with Crippen LogP contribution in [-0.2, 0) is 0 Å². The van der Waals surface area contributed by atoms with Gasteiger partial charge in [0.1, 0.15) is 18.5 Å². The van der Waals surface area contributed by atoms with Crippen molar-refractivity contribution in [1.82, 2.24) is 9.75 Å². The summed E-state index contributed by atoms with van der Waals surface area (Å²) in [4.78, 5) is 0. The minimum absolute atomic E-state index is 0.0498. The third-order valence-electron chi connectivity index (χ3n) is 4.03. The maximum atomic E-state index is 5.27. The van der Waals surface area contributed by atoms with E-state index in [4.69, 9.17) is 9.62 Å². The zero-order valence-corrected chi connectivity index (χ0v) is 13.6. The minimum Gasteiger partial charge on any atom is -0.356 e. The van der Waals surface area contributed by atoms with E-state index < -0.39 is 0 Å². The summed E-state index contributed by atoms with van der Waals surface area (Å²) in [5, 5.41) is 8.78. The van der Waals surface area contributed by atoms with Crippen LogP contribution in [0.5, 0.6) is 0 Å². The van der Waals surface area contributed by atoms with E-state index in [1.54, 1.807) is 6.20 Å². The van der Waals surface area contributed by atoms with Crippen LogP contribution in [0, 0.1) is 5.41 Å². The summed E-state index contributed by atoms with van der Waals surface area (Å²) in [5.41, 5.74) is 3.33. The van der Waals surface area contributed by atoms with Gasteiger partial charge in [0.05, 0.1) is 6.20 Å². The van der Waals surface area contributed by atoms with Gasteiger partial charge in [0.2, 0.25) is 0 Å². The van der Waals surface area contributed by atoms with Gasteiger partial charge >= 0.3 is 0 Å². The van der Waals surface area contributed by atoms with E-state index in [1.807, 2.05) is 18.2 Å². The Labute approximate surface area is 131 Å². The average Bonchev–Trinajstić information content (AvgIpc) is 3.17. The Morgan fingerprint density at radius 1 is 1.18 bits per heavy atom. The Kier molecular flexibility index (Phi) is 3.49. The summed E-state index contributed by atoms with van der Waals surface area (Å²) in [5.74, 6) is 0.777. The second-order valence-electron chi connectivity index (χ2n) is 6.62. The molecule has 1 aromatic heterocycles. The molecule has 4 nitrogen and oxygen atoms in total. The van der Waals surface area contributed by atoms with Gasteiger partial charge in [-0.2, -0.15) is 0 Å². The van der Waals surface area contributed by atoms with Crippen molar-refractivity contribution in [2.45, 2.75) is 27.7 Å². The topological polar surface area (TPSA) is 38.4 Å². The van der Waals surface area contributed by atoms with Crippen LogP contribution in [0.25, 0.3) is 11.3 Å². The van der Waals surface area contributed by atoms with Crippen molar-refractivity contribution in [3.05, 3.63) is 48.8 Å². The van der Waals surface area contributed by atoms with Crippen LogP contribution in [0.1, 0.15) is 27.7 Å². The van der Waals surface area contributed by atoms with E-state index in [2.05, 4.69) is 57.3 Å². The smallest absolute Gasteiger partial charge is 0.167 e. The molecule has 0 amide bonds. The van der Waals surface area contributed by atoms with Gasteiger partial charge in [-0.3, -0.25) is 0 Å². The maximum absolute atomic E-state index is 5.27. The molecule has 0 radical (unpaired) electrons. The van der Waals surface area contributed by atoms with E-state index in [0.29, 0.717) is 4.59 Å². The number of hydrogen-bond acceptors (Lipinski definition) is 3. The van der Waals surface area contributed by atoms with Crippen LogP contribution in [0.3, 0.4) is 0 Å². The zero-order chi connectivity index (χ0) is 15.8. The first-order chi connectivity index (χ1) is 10.4. The molecule has 0 saturated heterocycles. The van der Waals surface area contributed by atoms with E-state index in [-0.39, 0.29) is 5.41 Å². The molecule has 0 aliphatic carbocycles. The van der Waals surface area contributed by atoms with Gasteiger partial charge in [0, 0.05) is 35.3 Å². The van der Waals surface area contributed by atoms with E-state index >= 15 is 0 Å². The molecule has 2 aromatic rings. The predicted molar refractivity (Wildman–Crippen MR) is 90.3 cm³/mol. The summed E-state index contributed by atoms with van der Waals surface area (Å²) in [6.07, 6.45) is 5.97. The van der Waals surface area contributed by atoms with Crippen LogP contribution >= 0.6 is 0 Å². The lowest BCUT2D eigenvalue weighted by molar-refractivity contribution is 0.412. The fourth-order valence-electron chi connectivity index (χ4n) is 2.62. The lowest BCUT2D eigenvalue weighted by atomic mass is 9.90. The van der Waals surface area contributed by atoms with E-state index in [0.717, 1.165) is 29.3 Å². The van der Waals surface area contributed by atoms with Gasteiger partial charge in [-0.25, -0.2) is 0 Å². The normalized spacial score (nSPS) is 21.2. The Hall–Kier alpha value is -2.20. The molecule has 0 N–H and O–H groups in total. The SMILES string of the molecule is CC[N+]1(c2cccc(-c3ccno3)c2)C=CC(C(C)(C)C)=N1. The molecule has 1 aromatic carbocycles. The molecule has 1 aliphatic rings. The van der Waals surface area contributed by atoms with Gasteiger partial charge in [-0.05, 0) is 6.92 Å². The van der Waals surface area contributed by atoms with E-state index in [1.165, 1.54) is 0 Å². The average molecular weight is 296 g/mol. The number of hydrogen-bond donors (Lipinski definition) is 0. The number of allylic oxidation sites excluding steroid dienone is 1. The van der Waals surface area contributed by atoms with Gasteiger partial charge in [-0.15, -0.1) is 4.59 Å². The largest absolute Gasteiger partial charge is 0.356 e. The number of aromatic nitrogens is 1. The minimum atomic E-state index is 0.0498. The molecule has 3 rings (SSSR count). The third-order valence-corrected chi connectivity index (χ3v) is 4.03. The summed E-state index contributed by atoms with van der Waals surface area (Å²) < 4.78 is 5.76. The quantitative estimate of drug-likeness (QED) is 0.776. The first-order valence-electron chi connectivity index (χ1n) is 7.64. The fourth-order valence-corrected chi connectivity index (χ4v) is 2.62. The molecule has 22 heavy (non-hydrogen) atoms. The molecule has 0 spiro atoms. The van der Waals surface area contributed by atoms with Crippen LogP contribution < -0.4 is 4.59 Å². The molecular weight excluding hydrogens is 274 g/mol. The lowest BCUT2D eigenvalue weighted by Gasteiger charge is -2.25. The Morgan fingerprint density at radius 3 is 2.59 bits per heavy atom. The summed E-state index contributed by atoms with van der Waals surface area (Å²) in [7, 11) is 0. The fraction of sp³-hybridized carbons (Fsp3) is 0.333. The molecular formula is C18H22N3O+. The lowest BCUT2D eigenvalue weighted by Crippen LogP contribution is -2.36. The van der Waals surface area contributed by atoms with Gasteiger partial charge in [0.15, 0.2) is 11.4 Å². The molecule has 0 bridgehead atoms. The van der Waals surface area contributed by atoms with Gasteiger partial charge < -0.3 is 4.52 Å². The summed E-state index contributed by atoms with van der Waals surface area (Å²) in [6, 6.07) is 10.2. The second-order valence-corrected chi connectivity index (χ2v) is 6.62. The van der Waals surface area contributed by atoms with Crippen molar-refractivity contribution >= 4 is 11.4 Å². The highest BCUT2D eigenvalue weighted by atomic mass is 16.5. The highest BCUT2D eigenvalue weighted by Crippen LogP contribution is 2.34. The van der Waals surface area contributed by atoms with Crippen molar-refractivity contribution < 1.29 is 4.52 Å². The predicted octanol–water partition coefficient (Wildman–Crippen LogP) is 4.60. The Bertz CT molecular complexity index is 723. The van der Waals surface area contributed by atoms with Gasteiger partial charge in [-0.1, -0.05) is 43.2 Å². The number of nitrogens with zero attached hydrogens (tertiary/aromatic N) is 3. The van der Waals surface area contributed by atoms with Crippen molar-refractivity contribution in [3.63, 3.8) is 0 Å². The standard InChI is InChI=1S/C18H22N3O/c1-5-21(12-10-17(20-21)18(2,3)4)15-8-6-7-14(13-15)16-9-11-19-22-16/h6-13H,5H2,1-4H3/q+1. The maximum Gasteiger partial charge on any atom is 0.167 e. The highest BCUT2D eigenvalue weighted by molar-refractivity contribution is 6.01. The van der Waals surface area contributed by atoms with E-state index in [9.17, 15) is 0 Å². The summed E-state index contributed by atoms with van der Waals surface area (Å²) >= 11 is 0. The highest BCUT2D eigenvalue weighted by Gasteiger charge is 2.35. The first kappa shape index (κ1) is 14.7. The van der Waals surface area contributed by atoms with Crippen molar-refractivity contribution in [2.24, 2.45) is 10.5 Å². The summed E-state index contributed by atoms with van der Waals surface area (Å²) in [6.45, 7) is 9.60. The van der Waals surface area contributed by atoms with Crippen molar-refractivity contribution in [2.75, 3.05) is 6.54 Å². The molecule has 1 aliphatic heterocycles. The van der Waals surface area contributed by atoms with Crippen molar-refractivity contribution in [3.8, 4) is 11.3 Å².